The normalized spacial score (nSPS) is 42.0. The van der Waals surface area contributed by atoms with Crippen LogP contribution in [0.2, 0.25) is 0 Å². The molecule has 0 saturated carbocycles. The monoisotopic (exact) mass is 114 g/mol. The van der Waals surface area contributed by atoms with Gasteiger partial charge in [0.05, 0.1) is 12.3 Å². The van der Waals surface area contributed by atoms with Crippen LogP contribution in [-0.4, -0.2) is 36.2 Å². The maximum absolute atomic E-state index is 2.33. The van der Waals surface area contributed by atoms with E-state index in [1.807, 2.05) is 0 Å². The van der Waals surface area contributed by atoms with Gasteiger partial charge in [-0.25, -0.2) is 0 Å². The molecule has 0 amide bonds. The van der Waals surface area contributed by atoms with E-state index in [4.69, 9.17) is 0 Å². The fraction of sp³-hybridized carbons (Fsp3) is 1.00. The van der Waals surface area contributed by atoms with Gasteiger partial charge in [-0.3, -0.25) is 9.80 Å². The fourth-order valence-corrected chi connectivity index (χ4v) is 1.13. The molecule has 0 radical (unpaired) electrons. The van der Waals surface area contributed by atoms with E-state index >= 15 is 0 Å². The molecule has 2 heteroatoms. The Bertz CT molecular complexity index is 60.5. The van der Waals surface area contributed by atoms with Crippen LogP contribution < -0.4 is 0 Å². The average molecular weight is 114 g/mol. The van der Waals surface area contributed by atoms with Crippen LogP contribution in [0.4, 0.5) is 0 Å². The molecule has 8 heavy (non-hydrogen) atoms. The molecule has 0 N–H and O–H groups in total. The van der Waals surface area contributed by atoms with Crippen molar-refractivity contribution in [2.75, 3.05) is 14.1 Å². The molecule has 0 unspecified atom stereocenters. The summed E-state index contributed by atoms with van der Waals surface area (Å²) in [7, 11) is 4.30. The van der Waals surface area contributed by atoms with E-state index in [0.29, 0.717) is 12.3 Å². The van der Waals surface area contributed by atoms with Crippen LogP contribution in [0.15, 0.2) is 0 Å². The molecule has 1 rings (SSSR count). The SMILES string of the molecule is CC1N(C)C(C)N1C. The van der Waals surface area contributed by atoms with Crippen LogP contribution in [0.3, 0.4) is 0 Å². The van der Waals surface area contributed by atoms with E-state index in [1.54, 1.807) is 0 Å². The topological polar surface area (TPSA) is 6.48 Å². The van der Waals surface area contributed by atoms with Gasteiger partial charge in [-0.15, -0.1) is 0 Å². The van der Waals surface area contributed by atoms with Crippen molar-refractivity contribution in [1.82, 2.24) is 9.80 Å². The molecule has 0 aromatic heterocycles. The molecular formula is C6H14N2. The molecule has 1 aliphatic heterocycles. The Morgan fingerprint density at radius 3 is 1.25 bits per heavy atom. The van der Waals surface area contributed by atoms with Gasteiger partial charge in [0, 0.05) is 0 Å². The highest BCUT2D eigenvalue weighted by atomic mass is 15.5. The lowest BCUT2D eigenvalue weighted by molar-refractivity contribution is -0.123. The highest BCUT2D eigenvalue weighted by Gasteiger charge is 2.33. The molecule has 1 fully saturated rings. The number of rotatable bonds is 0. The third-order valence-electron chi connectivity index (χ3n) is 2.36. The molecule has 0 aromatic rings. The van der Waals surface area contributed by atoms with E-state index in [9.17, 15) is 0 Å². The van der Waals surface area contributed by atoms with E-state index in [0.717, 1.165) is 0 Å². The van der Waals surface area contributed by atoms with Crippen molar-refractivity contribution in [2.24, 2.45) is 0 Å². The molecule has 1 heterocycles. The first kappa shape index (κ1) is 6.05. The quantitative estimate of drug-likeness (QED) is 0.454. The number of hydrogen-bond donors (Lipinski definition) is 0. The summed E-state index contributed by atoms with van der Waals surface area (Å²) in [5.41, 5.74) is 0. The molecule has 2 nitrogen and oxygen atoms in total. The highest BCUT2D eigenvalue weighted by Crippen LogP contribution is 2.20. The Hall–Kier alpha value is -0.0800. The molecule has 0 spiro atoms. The van der Waals surface area contributed by atoms with E-state index in [2.05, 4.69) is 37.7 Å². The van der Waals surface area contributed by atoms with Crippen LogP contribution in [0, 0.1) is 0 Å². The Balaban J connectivity index is 2.42. The van der Waals surface area contributed by atoms with Gasteiger partial charge in [-0.2, -0.15) is 0 Å². The summed E-state index contributed by atoms with van der Waals surface area (Å²) in [4.78, 5) is 4.67. The second-order valence-electron chi connectivity index (χ2n) is 2.59. The summed E-state index contributed by atoms with van der Waals surface area (Å²) in [6, 6.07) is 0. The van der Waals surface area contributed by atoms with Crippen molar-refractivity contribution in [3.8, 4) is 0 Å². The number of nitrogens with zero attached hydrogens (tertiary/aromatic N) is 2. The zero-order chi connectivity index (χ0) is 6.31. The molecule has 48 valence electrons. The summed E-state index contributed by atoms with van der Waals surface area (Å²) >= 11 is 0. The minimum Gasteiger partial charge on any atom is -0.276 e. The second-order valence-corrected chi connectivity index (χ2v) is 2.59. The predicted molar refractivity (Wildman–Crippen MR) is 34.4 cm³/mol. The molecule has 0 aliphatic carbocycles. The zero-order valence-corrected chi connectivity index (χ0v) is 6.05. The third kappa shape index (κ3) is 0.565. The Morgan fingerprint density at radius 1 is 0.875 bits per heavy atom. The lowest BCUT2D eigenvalue weighted by Crippen LogP contribution is -2.65. The van der Waals surface area contributed by atoms with Crippen molar-refractivity contribution in [3.05, 3.63) is 0 Å². The maximum atomic E-state index is 2.33. The predicted octanol–water partition coefficient (Wildman–Crippen LogP) is 0.556. The van der Waals surface area contributed by atoms with Crippen LogP contribution in [0.1, 0.15) is 13.8 Å². The van der Waals surface area contributed by atoms with Gasteiger partial charge in [-0.1, -0.05) is 0 Å². The van der Waals surface area contributed by atoms with Crippen molar-refractivity contribution in [3.63, 3.8) is 0 Å². The fourth-order valence-electron chi connectivity index (χ4n) is 1.13. The standard InChI is InChI=1S/C6H14N2/c1-5-7(3)6(2)8(5)4/h5-6H,1-4H3. The Kier molecular flexibility index (Phi) is 1.29. The van der Waals surface area contributed by atoms with Gasteiger partial charge in [0.2, 0.25) is 0 Å². The smallest absolute Gasteiger partial charge is 0.0614 e. The Morgan fingerprint density at radius 2 is 1.12 bits per heavy atom. The van der Waals surface area contributed by atoms with Crippen LogP contribution >= 0.6 is 0 Å². The van der Waals surface area contributed by atoms with E-state index in [1.165, 1.54) is 0 Å². The first-order chi connectivity index (χ1) is 3.64. The summed E-state index contributed by atoms with van der Waals surface area (Å²) < 4.78 is 0. The van der Waals surface area contributed by atoms with Gasteiger partial charge in [0.25, 0.3) is 0 Å². The third-order valence-corrected chi connectivity index (χ3v) is 2.36. The van der Waals surface area contributed by atoms with Gasteiger partial charge < -0.3 is 0 Å². The Labute approximate surface area is 51.1 Å². The van der Waals surface area contributed by atoms with Crippen molar-refractivity contribution in [2.45, 2.75) is 26.2 Å². The molecule has 0 atom stereocenters. The zero-order valence-electron chi connectivity index (χ0n) is 6.05. The van der Waals surface area contributed by atoms with Crippen molar-refractivity contribution < 1.29 is 0 Å². The van der Waals surface area contributed by atoms with Gasteiger partial charge >= 0.3 is 0 Å². The van der Waals surface area contributed by atoms with Crippen LogP contribution in [0.25, 0.3) is 0 Å². The van der Waals surface area contributed by atoms with Crippen LogP contribution in [-0.2, 0) is 0 Å². The minimum absolute atomic E-state index is 0.644. The van der Waals surface area contributed by atoms with Gasteiger partial charge in [-0.05, 0) is 27.9 Å². The minimum atomic E-state index is 0.644. The first-order valence-electron chi connectivity index (χ1n) is 3.08. The van der Waals surface area contributed by atoms with E-state index in [-0.39, 0.29) is 0 Å². The molecule has 0 bridgehead atoms. The lowest BCUT2D eigenvalue weighted by Gasteiger charge is -2.51. The van der Waals surface area contributed by atoms with Gasteiger partial charge in [0.1, 0.15) is 0 Å². The van der Waals surface area contributed by atoms with Crippen LogP contribution in [0.5, 0.6) is 0 Å². The van der Waals surface area contributed by atoms with Crippen molar-refractivity contribution in [1.29, 1.82) is 0 Å². The molecule has 1 aliphatic rings. The summed E-state index contributed by atoms with van der Waals surface area (Å²) in [6.07, 6.45) is 1.29. The highest BCUT2D eigenvalue weighted by molar-refractivity contribution is 4.80. The number of hydrogen-bond acceptors (Lipinski definition) is 2. The second kappa shape index (κ2) is 1.71. The average Bonchev–Trinajstić information content (AvgIpc) is 1.83. The molecule has 1 saturated heterocycles. The summed E-state index contributed by atoms with van der Waals surface area (Å²) in [5.74, 6) is 0. The summed E-state index contributed by atoms with van der Waals surface area (Å²) in [5, 5.41) is 0. The lowest BCUT2D eigenvalue weighted by atomic mass is 10.2. The first-order valence-corrected chi connectivity index (χ1v) is 3.08. The van der Waals surface area contributed by atoms with Crippen molar-refractivity contribution >= 4 is 0 Å². The molecular weight excluding hydrogens is 100 g/mol. The van der Waals surface area contributed by atoms with E-state index < -0.39 is 0 Å². The molecule has 0 aromatic carbocycles. The summed E-state index contributed by atoms with van der Waals surface area (Å²) in [6.45, 7) is 4.42. The van der Waals surface area contributed by atoms with Gasteiger partial charge in [0.15, 0.2) is 0 Å². The largest absolute Gasteiger partial charge is 0.276 e. The maximum Gasteiger partial charge on any atom is 0.0614 e.